The molecule has 0 saturated carbocycles. The molecule has 0 fully saturated rings. The largest absolute Gasteiger partial charge is 0.350 e. The quantitative estimate of drug-likeness (QED) is 0.863. The molecule has 0 aliphatic heterocycles. The molecule has 3 rings (SSSR count). The average Bonchev–Trinajstić information content (AvgIpc) is 2.55. The maximum atomic E-state index is 12.0. The van der Waals surface area contributed by atoms with Gasteiger partial charge in [-0.15, -0.1) is 0 Å². The summed E-state index contributed by atoms with van der Waals surface area (Å²) in [6.07, 6.45) is 5.58. The van der Waals surface area contributed by atoms with Gasteiger partial charge in [0.25, 0.3) is 11.5 Å². The third-order valence-corrected chi connectivity index (χ3v) is 4.19. The van der Waals surface area contributed by atoms with Gasteiger partial charge in [0.2, 0.25) is 0 Å². The Bertz CT molecular complexity index is 788. The van der Waals surface area contributed by atoms with Crippen LogP contribution in [0.15, 0.2) is 29.2 Å². The van der Waals surface area contributed by atoms with E-state index in [0.29, 0.717) is 18.7 Å². The zero-order valence-electron chi connectivity index (χ0n) is 12.6. The lowest BCUT2D eigenvalue weighted by Crippen LogP contribution is -2.33. The van der Waals surface area contributed by atoms with Crippen LogP contribution in [0.2, 0.25) is 5.15 Å². The van der Waals surface area contributed by atoms with E-state index in [2.05, 4.69) is 15.4 Å². The number of amides is 1. The third kappa shape index (κ3) is 3.59. The van der Waals surface area contributed by atoms with Crippen LogP contribution in [0.1, 0.15) is 34.5 Å². The molecule has 0 bridgehead atoms. The molecule has 0 spiro atoms. The fourth-order valence-corrected chi connectivity index (χ4v) is 2.89. The number of aryl methyl sites for hydroxylation is 2. The highest BCUT2D eigenvalue weighted by atomic mass is 35.5. The minimum absolute atomic E-state index is 0.126. The van der Waals surface area contributed by atoms with Gasteiger partial charge in [0.15, 0.2) is 0 Å². The van der Waals surface area contributed by atoms with Crippen molar-refractivity contribution in [1.82, 2.24) is 20.1 Å². The van der Waals surface area contributed by atoms with Gasteiger partial charge in [-0.2, -0.15) is 5.10 Å². The number of nitrogens with one attached hydrogen (secondary N) is 1. The van der Waals surface area contributed by atoms with Gasteiger partial charge in [0.1, 0.15) is 5.15 Å². The summed E-state index contributed by atoms with van der Waals surface area (Å²) in [4.78, 5) is 27.9. The van der Waals surface area contributed by atoms with Crippen molar-refractivity contribution in [2.75, 3.05) is 6.54 Å². The van der Waals surface area contributed by atoms with Gasteiger partial charge in [-0.1, -0.05) is 11.6 Å². The van der Waals surface area contributed by atoms with E-state index in [1.807, 2.05) is 0 Å². The van der Waals surface area contributed by atoms with Gasteiger partial charge >= 0.3 is 0 Å². The fraction of sp³-hybridized carbons (Fsp3) is 0.375. The molecule has 1 aliphatic carbocycles. The highest BCUT2D eigenvalue weighted by Crippen LogP contribution is 2.16. The second-order valence-corrected chi connectivity index (χ2v) is 5.84. The number of rotatable bonds is 4. The lowest BCUT2D eigenvalue weighted by atomic mass is 9.97. The fourth-order valence-electron chi connectivity index (χ4n) is 2.69. The molecule has 2 aromatic rings. The molecule has 120 valence electrons. The molecule has 0 atom stereocenters. The van der Waals surface area contributed by atoms with Crippen molar-refractivity contribution in [1.29, 1.82) is 0 Å². The van der Waals surface area contributed by atoms with Gasteiger partial charge in [-0.25, -0.2) is 9.67 Å². The summed E-state index contributed by atoms with van der Waals surface area (Å²) in [5, 5.41) is 7.31. The average molecular weight is 333 g/mol. The van der Waals surface area contributed by atoms with Crippen LogP contribution in [-0.4, -0.2) is 27.2 Å². The van der Waals surface area contributed by atoms with Crippen LogP contribution in [0.3, 0.4) is 0 Å². The first-order valence-corrected chi connectivity index (χ1v) is 8.01. The molecule has 0 radical (unpaired) electrons. The number of pyridine rings is 1. The zero-order valence-corrected chi connectivity index (χ0v) is 13.3. The van der Waals surface area contributed by atoms with Crippen LogP contribution < -0.4 is 10.9 Å². The molecule has 2 heterocycles. The van der Waals surface area contributed by atoms with Gasteiger partial charge in [-0.05, 0) is 43.4 Å². The first-order valence-electron chi connectivity index (χ1n) is 7.64. The Balaban J connectivity index is 1.64. The topological polar surface area (TPSA) is 76.9 Å². The minimum atomic E-state index is -0.311. The summed E-state index contributed by atoms with van der Waals surface area (Å²) in [6.45, 7) is 0.630. The Hall–Kier alpha value is -2.21. The highest BCUT2D eigenvalue weighted by Gasteiger charge is 2.14. The second-order valence-electron chi connectivity index (χ2n) is 5.48. The zero-order chi connectivity index (χ0) is 16.2. The summed E-state index contributed by atoms with van der Waals surface area (Å²) < 4.78 is 1.41. The third-order valence-electron chi connectivity index (χ3n) is 3.89. The molecule has 23 heavy (non-hydrogen) atoms. The van der Waals surface area contributed by atoms with E-state index in [1.165, 1.54) is 10.9 Å². The molecule has 6 nitrogen and oxygen atoms in total. The molecular formula is C16H17ClN4O2. The van der Waals surface area contributed by atoms with E-state index < -0.39 is 0 Å². The number of nitrogens with zero attached hydrogens (tertiary/aromatic N) is 3. The van der Waals surface area contributed by atoms with Crippen LogP contribution in [0.4, 0.5) is 0 Å². The molecule has 1 N–H and O–H groups in total. The standard InChI is InChI=1S/C16H17ClN4O2/c17-15-12(5-3-7-18-15)16(23)19-8-9-21-14(22)10-11-4-1-2-6-13(11)20-21/h3,5,7,10H,1-2,4,6,8-9H2,(H,19,23). The smallest absolute Gasteiger partial charge is 0.267 e. The van der Waals surface area contributed by atoms with Crippen molar-refractivity contribution < 1.29 is 4.79 Å². The molecule has 0 unspecified atom stereocenters. The summed E-state index contributed by atoms with van der Waals surface area (Å²) in [5.41, 5.74) is 2.25. The van der Waals surface area contributed by atoms with Gasteiger partial charge in [-0.3, -0.25) is 9.59 Å². The second kappa shape index (κ2) is 6.91. The Labute approximate surface area is 138 Å². The number of carbonyl (C=O) groups is 1. The van der Waals surface area contributed by atoms with Crippen LogP contribution in [0, 0.1) is 0 Å². The van der Waals surface area contributed by atoms with E-state index in [9.17, 15) is 9.59 Å². The maximum absolute atomic E-state index is 12.0. The molecule has 1 amide bonds. The van der Waals surface area contributed by atoms with E-state index in [-0.39, 0.29) is 16.6 Å². The van der Waals surface area contributed by atoms with Crippen molar-refractivity contribution in [2.24, 2.45) is 0 Å². The Morgan fingerprint density at radius 3 is 3.00 bits per heavy atom. The van der Waals surface area contributed by atoms with Crippen LogP contribution in [0.5, 0.6) is 0 Å². The Morgan fingerprint density at radius 1 is 1.35 bits per heavy atom. The van der Waals surface area contributed by atoms with Crippen molar-refractivity contribution in [3.8, 4) is 0 Å². The van der Waals surface area contributed by atoms with E-state index in [0.717, 1.165) is 36.9 Å². The normalized spacial score (nSPS) is 13.4. The van der Waals surface area contributed by atoms with Crippen molar-refractivity contribution in [3.05, 3.63) is 56.7 Å². The van der Waals surface area contributed by atoms with Crippen molar-refractivity contribution in [3.63, 3.8) is 0 Å². The molecule has 7 heteroatoms. The van der Waals surface area contributed by atoms with Gasteiger partial charge < -0.3 is 5.32 Å². The van der Waals surface area contributed by atoms with Gasteiger partial charge in [0.05, 0.1) is 17.8 Å². The number of halogens is 1. The molecular weight excluding hydrogens is 316 g/mol. The minimum Gasteiger partial charge on any atom is -0.350 e. The summed E-state index contributed by atoms with van der Waals surface area (Å²) in [6, 6.07) is 4.92. The van der Waals surface area contributed by atoms with Crippen molar-refractivity contribution >= 4 is 17.5 Å². The monoisotopic (exact) mass is 332 g/mol. The van der Waals surface area contributed by atoms with E-state index in [4.69, 9.17) is 11.6 Å². The molecule has 2 aromatic heterocycles. The van der Waals surface area contributed by atoms with Crippen molar-refractivity contribution in [2.45, 2.75) is 32.2 Å². The summed E-state index contributed by atoms with van der Waals surface area (Å²) >= 11 is 5.88. The highest BCUT2D eigenvalue weighted by molar-refractivity contribution is 6.32. The first kappa shape index (κ1) is 15.7. The summed E-state index contributed by atoms with van der Waals surface area (Å²) in [5.74, 6) is -0.311. The van der Waals surface area contributed by atoms with Crippen LogP contribution in [0.25, 0.3) is 0 Å². The number of aromatic nitrogens is 3. The number of fused-ring (bicyclic) bond motifs is 1. The Kier molecular flexibility index (Phi) is 4.71. The molecule has 0 saturated heterocycles. The van der Waals surface area contributed by atoms with Crippen LogP contribution in [-0.2, 0) is 19.4 Å². The Morgan fingerprint density at radius 2 is 2.17 bits per heavy atom. The first-order chi connectivity index (χ1) is 11.1. The molecule has 0 aromatic carbocycles. The van der Waals surface area contributed by atoms with E-state index >= 15 is 0 Å². The predicted octanol–water partition coefficient (Wildman–Crippen LogP) is 1.60. The predicted molar refractivity (Wildman–Crippen MR) is 86.7 cm³/mol. The number of hydrogen-bond acceptors (Lipinski definition) is 4. The SMILES string of the molecule is O=C(NCCn1nc2c(cc1=O)CCCC2)c1cccnc1Cl. The molecule has 1 aliphatic rings. The lowest BCUT2D eigenvalue weighted by Gasteiger charge is -2.16. The van der Waals surface area contributed by atoms with Crippen LogP contribution >= 0.6 is 11.6 Å². The van der Waals surface area contributed by atoms with Gasteiger partial charge in [0, 0.05) is 18.8 Å². The summed E-state index contributed by atoms with van der Waals surface area (Å²) in [7, 11) is 0. The number of carbonyl (C=O) groups excluding carboxylic acids is 1. The lowest BCUT2D eigenvalue weighted by molar-refractivity contribution is 0.0951. The van der Waals surface area contributed by atoms with E-state index in [1.54, 1.807) is 18.2 Å². The number of hydrogen-bond donors (Lipinski definition) is 1. The maximum Gasteiger partial charge on any atom is 0.267 e.